The van der Waals surface area contributed by atoms with Crippen molar-refractivity contribution >= 4 is 5.78 Å². The Bertz CT molecular complexity index is 761. The molecule has 3 nitrogen and oxygen atoms in total. The van der Waals surface area contributed by atoms with Crippen LogP contribution in [-0.4, -0.2) is 27.7 Å². The molecule has 0 bridgehead atoms. The molecular formula is C29H48O3. The summed E-state index contributed by atoms with van der Waals surface area (Å²) in [7, 11) is 0. The first-order valence-electron chi connectivity index (χ1n) is 13.3. The van der Waals surface area contributed by atoms with Crippen LogP contribution >= 0.6 is 0 Å². The van der Waals surface area contributed by atoms with Crippen LogP contribution in [0.3, 0.4) is 0 Å². The summed E-state index contributed by atoms with van der Waals surface area (Å²) in [5.74, 6) is 3.81. The molecular weight excluding hydrogens is 396 g/mol. The van der Waals surface area contributed by atoms with Crippen LogP contribution in [0.5, 0.6) is 0 Å². The van der Waals surface area contributed by atoms with Crippen molar-refractivity contribution in [3.63, 3.8) is 0 Å². The minimum atomic E-state index is -1.05. The maximum Gasteiger partial charge on any atom is 0.138 e. The summed E-state index contributed by atoms with van der Waals surface area (Å²) >= 11 is 0. The highest BCUT2D eigenvalue weighted by Crippen LogP contribution is 2.70. The van der Waals surface area contributed by atoms with Crippen LogP contribution in [-0.2, 0) is 4.79 Å². The number of carbonyl (C=O) groups is 1. The Labute approximate surface area is 196 Å². The molecule has 4 rings (SSSR count). The number of fused-ring (bicyclic) bond motifs is 5. The van der Waals surface area contributed by atoms with Crippen LogP contribution in [0.1, 0.15) is 106 Å². The molecule has 8 atom stereocenters. The average molecular weight is 445 g/mol. The topological polar surface area (TPSA) is 57.5 Å². The molecule has 4 aliphatic rings. The fourth-order valence-electron chi connectivity index (χ4n) is 9.37. The van der Waals surface area contributed by atoms with Crippen LogP contribution in [0, 0.1) is 45.8 Å². The number of aliphatic hydroxyl groups is 2. The zero-order chi connectivity index (χ0) is 23.7. The standard InChI is InChI=1S/C29H48O3/c1-18(8-13-25(31)27(4,5)32)19-14-16-28(6)20(19)9-10-22-21(28)11-12-23-26(2,3)24(30)15-17-29(22,23)7/h19-23,25,31-32H,1,8-17H2,2-7H3/t19-,20?,21-,22+,23?,25?,28+,29-/m1/s1. The van der Waals surface area contributed by atoms with Crippen LogP contribution in [0.2, 0.25) is 0 Å². The van der Waals surface area contributed by atoms with E-state index in [2.05, 4.69) is 34.3 Å². The van der Waals surface area contributed by atoms with Crippen molar-refractivity contribution < 1.29 is 15.0 Å². The minimum Gasteiger partial charge on any atom is -0.390 e. The van der Waals surface area contributed by atoms with Crippen molar-refractivity contribution in [2.75, 3.05) is 0 Å². The van der Waals surface area contributed by atoms with E-state index in [1.165, 1.54) is 44.1 Å². The van der Waals surface area contributed by atoms with Gasteiger partial charge in [0.15, 0.2) is 0 Å². The number of hydrogen-bond acceptors (Lipinski definition) is 3. The van der Waals surface area contributed by atoms with Gasteiger partial charge in [0.2, 0.25) is 0 Å². The van der Waals surface area contributed by atoms with Gasteiger partial charge in [0.05, 0.1) is 11.7 Å². The predicted octanol–water partition coefficient (Wildman–Crippen LogP) is 6.32. The fraction of sp³-hybridized carbons (Fsp3) is 0.897. The summed E-state index contributed by atoms with van der Waals surface area (Å²) in [6.07, 6.45) is 10.2. The number of rotatable bonds is 5. The zero-order valence-electron chi connectivity index (χ0n) is 21.5. The maximum absolute atomic E-state index is 12.8. The van der Waals surface area contributed by atoms with Crippen molar-refractivity contribution in [1.29, 1.82) is 0 Å². The highest BCUT2D eigenvalue weighted by molar-refractivity contribution is 5.85. The van der Waals surface area contributed by atoms with Gasteiger partial charge in [-0.25, -0.2) is 0 Å². The lowest BCUT2D eigenvalue weighted by Gasteiger charge is -2.64. The van der Waals surface area contributed by atoms with E-state index in [0.717, 1.165) is 31.1 Å². The smallest absolute Gasteiger partial charge is 0.138 e. The molecule has 4 fully saturated rings. The number of ketones is 1. The molecule has 0 amide bonds. The molecule has 0 radical (unpaired) electrons. The van der Waals surface area contributed by atoms with Gasteiger partial charge in [0, 0.05) is 11.8 Å². The largest absolute Gasteiger partial charge is 0.390 e. The van der Waals surface area contributed by atoms with E-state index in [0.29, 0.717) is 40.8 Å². The van der Waals surface area contributed by atoms with Crippen LogP contribution in [0.15, 0.2) is 12.2 Å². The molecule has 3 unspecified atom stereocenters. The lowest BCUT2D eigenvalue weighted by Crippen LogP contribution is -2.59. The monoisotopic (exact) mass is 444 g/mol. The first-order chi connectivity index (χ1) is 14.7. The van der Waals surface area contributed by atoms with Crippen LogP contribution in [0.4, 0.5) is 0 Å². The van der Waals surface area contributed by atoms with Crippen molar-refractivity contribution in [2.24, 2.45) is 45.8 Å². The molecule has 32 heavy (non-hydrogen) atoms. The summed E-state index contributed by atoms with van der Waals surface area (Å²) < 4.78 is 0. The Hall–Kier alpha value is -0.670. The summed E-state index contributed by atoms with van der Waals surface area (Å²) in [4.78, 5) is 12.8. The summed E-state index contributed by atoms with van der Waals surface area (Å²) in [5, 5.41) is 20.4. The van der Waals surface area contributed by atoms with Gasteiger partial charge >= 0.3 is 0 Å². The molecule has 0 aromatic heterocycles. The Balaban J connectivity index is 1.50. The lowest BCUT2D eigenvalue weighted by atomic mass is 9.40. The summed E-state index contributed by atoms with van der Waals surface area (Å²) in [6.45, 7) is 17.4. The minimum absolute atomic E-state index is 0.163. The Morgan fingerprint density at radius 2 is 1.59 bits per heavy atom. The van der Waals surface area contributed by atoms with Gasteiger partial charge in [0.25, 0.3) is 0 Å². The van der Waals surface area contributed by atoms with E-state index in [1.54, 1.807) is 13.8 Å². The first kappa shape index (κ1) is 24.5. The Morgan fingerprint density at radius 3 is 2.25 bits per heavy atom. The average Bonchev–Trinajstić information content (AvgIpc) is 3.06. The van der Waals surface area contributed by atoms with Crippen molar-refractivity contribution in [2.45, 2.75) is 117 Å². The highest BCUT2D eigenvalue weighted by atomic mass is 16.3. The van der Waals surface area contributed by atoms with E-state index in [1.807, 2.05) is 0 Å². The molecule has 3 heteroatoms. The van der Waals surface area contributed by atoms with Gasteiger partial charge in [0.1, 0.15) is 5.78 Å². The van der Waals surface area contributed by atoms with E-state index in [-0.39, 0.29) is 5.41 Å². The van der Waals surface area contributed by atoms with Gasteiger partial charge in [-0.1, -0.05) is 39.8 Å². The molecule has 0 aromatic carbocycles. The van der Waals surface area contributed by atoms with E-state index in [9.17, 15) is 15.0 Å². The maximum atomic E-state index is 12.8. The molecule has 0 aromatic rings. The fourth-order valence-corrected chi connectivity index (χ4v) is 9.37. The van der Waals surface area contributed by atoms with Gasteiger partial charge in [-0.2, -0.15) is 0 Å². The second-order valence-electron chi connectivity index (χ2n) is 13.7. The third-order valence-corrected chi connectivity index (χ3v) is 11.4. The first-order valence-corrected chi connectivity index (χ1v) is 13.3. The van der Waals surface area contributed by atoms with E-state index in [4.69, 9.17) is 0 Å². The van der Waals surface area contributed by atoms with Crippen LogP contribution < -0.4 is 0 Å². The molecule has 4 saturated carbocycles. The Morgan fingerprint density at radius 1 is 1.00 bits per heavy atom. The number of aliphatic hydroxyl groups excluding tert-OH is 1. The molecule has 0 heterocycles. The third-order valence-electron chi connectivity index (χ3n) is 11.4. The van der Waals surface area contributed by atoms with E-state index >= 15 is 0 Å². The highest BCUT2D eigenvalue weighted by Gasteiger charge is 2.63. The molecule has 0 spiro atoms. The van der Waals surface area contributed by atoms with Crippen molar-refractivity contribution in [3.8, 4) is 0 Å². The van der Waals surface area contributed by atoms with Gasteiger partial charge in [-0.3, -0.25) is 4.79 Å². The summed E-state index contributed by atoms with van der Waals surface area (Å²) in [5.41, 5.74) is 0.769. The SMILES string of the molecule is C=C(CCC(O)C(C)(C)O)[C@H]1CC[C@@]2(C)C1CC[C@H]1[C@H]2CCC2C(C)(C)C(=O)CC[C@@]21C. The Kier molecular flexibility index (Phi) is 6.07. The quantitative estimate of drug-likeness (QED) is 0.488. The normalized spacial score (nSPS) is 44.4. The molecule has 4 aliphatic carbocycles. The van der Waals surface area contributed by atoms with Gasteiger partial charge < -0.3 is 10.2 Å². The van der Waals surface area contributed by atoms with Crippen LogP contribution in [0.25, 0.3) is 0 Å². The number of carbonyl (C=O) groups excluding carboxylic acids is 1. The second-order valence-corrected chi connectivity index (χ2v) is 13.7. The lowest BCUT2D eigenvalue weighted by molar-refractivity contribution is -0.168. The molecule has 182 valence electrons. The third kappa shape index (κ3) is 3.65. The predicted molar refractivity (Wildman–Crippen MR) is 130 cm³/mol. The zero-order valence-corrected chi connectivity index (χ0v) is 21.5. The molecule has 2 N–H and O–H groups in total. The van der Waals surface area contributed by atoms with Gasteiger partial charge in [-0.05, 0) is 112 Å². The summed E-state index contributed by atoms with van der Waals surface area (Å²) in [6, 6.07) is 0. The number of Topliss-reactive ketones (excluding diaryl/α,β-unsaturated/α-hetero) is 1. The number of allylic oxidation sites excluding steroid dienone is 1. The van der Waals surface area contributed by atoms with Crippen molar-refractivity contribution in [1.82, 2.24) is 0 Å². The second kappa shape index (κ2) is 7.94. The molecule has 0 saturated heterocycles. The van der Waals surface area contributed by atoms with Crippen molar-refractivity contribution in [3.05, 3.63) is 12.2 Å². The van der Waals surface area contributed by atoms with E-state index < -0.39 is 11.7 Å². The number of hydrogen-bond donors (Lipinski definition) is 2. The molecule has 0 aliphatic heterocycles. The van der Waals surface area contributed by atoms with Gasteiger partial charge in [-0.15, -0.1) is 0 Å².